The molecule has 3 aliphatic rings. The van der Waals surface area contributed by atoms with E-state index in [1.54, 1.807) is 10.6 Å². The molecule has 0 saturated carbocycles. The minimum Gasteiger partial charge on any atom is -0.351 e. The highest BCUT2D eigenvalue weighted by atomic mass is 35.5. The topological polar surface area (TPSA) is 50.2 Å². The van der Waals surface area contributed by atoms with Gasteiger partial charge in [-0.15, -0.1) is 0 Å². The zero-order valence-corrected chi connectivity index (χ0v) is 18.5. The van der Waals surface area contributed by atoms with Crippen LogP contribution in [-0.2, 0) is 6.54 Å². The van der Waals surface area contributed by atoms with Crippen molar-refractivity contribution in [2.75, 3.05) is 30.3 Å². The lowest BCUT2D eigenvalue weighted by molar-refractivity contribution is 0.496. The molecule has 1 N–H and O–H groups in total. The number of halogens is 3. The second-order valence-electron chi connectivity index (χ2n) is 8.43. The van der Waals surface area contributed by atoms with E-state index in [2.05, 4.69) is 22.1 Å². The summed E-state index contributed by atoms with van der Waals surface area (Å²) in [5.41, 5.74) is 1.44. The van der Waals surface area contributed by atoms with Crippen molar-refractivity contribution < 1.29 is 8.28 Å². The first kappa shape index (κ1) is 19.5. The number of nitrogens with zero attached hydrogens (tertiary/aromatic N) is 3. The van der Waals surface area contributed by atoms with Crippen LogP contribution in [0, 0.1) is 5.82 Å². The molecule has 162 valence electrons. The number of rotatable bonds is 1. The maximum Gasteiger partial charge on any atom is 0.350 e. The summed E-state index contributed by atoms with van der Waals surface area (Å²) < 4.78 is 32.6. The molecule has 9 heteroatoms. The van der Waals surface area contributed by atoms with Gasteiger partial charge in [-0.25, -0.2) is 9.18 Å². The smallest absolute Gasteiger partial charge is 0.350 e. The Bertz CT molecular complexity index is 1330. The summed E-state index contributed by atoms with van der Waals surface area (Å²) in [5, 5.41) is 4.46. The van der Waals surface area contributed by atoms with Crippen molar-refractivity contribution in [3.05, 3.63) is 45.6 Å². The Morgan fingerprint density at radius 3 is 2.94 bits per heavy atom. The van der Waals surface area contributed by atoms with E-state index >= 15 is 3.89 Å². The number of hydrogen-bond acceptors (Lipinski definition) is 4. The monoisotopic (exact) mass is 462 g/mol. The van der Waals surface area contributed by atoms with Crippen LogP contribution >= 0.6 is 22.0 Å². The maximum absolute atomic E-state index is 16.9. The quantitative estimate of drug-likeness (QED) is 0.579. The van der Waals surface area contributed by atoms with Crippen LogP contribution in [0.25, 0.3) is 22.0 Å². The number of fused-ring (bicyclic) bond motifs is 3. The minimum atomic E-state index is -3.01. The Labute approximate surface area is 184 Å². The lowest BCUT2D eigenvalue weighted by Crippen LogP contribution is -2.50. The highest BCUT2D eigenvalue weighted by Crippen LogP contribution is 2.75. The van der Waals surface area contributed by atoms with Crippen molar-refractivity contribution in [1.82, 2.24) is 14.9 Å². The molecule has 0 radical (unpaired) electrons. The second-order valence-corrected chi connectivity index (χ2v) is 11.4. The van der Waals surface area contributed by atoms with E-state index < -0.39 is 16.2 Å². The Morgan fingerprint density at radius 1 is 1.29 bits per heavy atom. The van der Waals surface area contributed by atoms with Gasteiger partial charge in [-0.3, -0.25) is 4.57 Å². The van der Waals surface area contributed by atoms with Gasteiger partial charge in [0.25, 0.3) is 0 Å². The first-order chi connectivity index (χ1) is 14.9. The SMILES string of the molecule is CC1CNCCN1c1nc(=O)n2c3c4c(c(Cl)cc13)-c1ccc(F)cc1S4(F)CCC2. The molecular formula is C22H21ClF2N4OS. The fourth-order valence-electron chi connectivity index (χ4n) is 5.22. The number of piperazine rings is 1. The largest absolute Gasteiger partial charge is 0.351 e. The third kappa shape index (κ3) is 2.58. The van der Waals surface area contributed by atoms with Crippen molar-refractivity contribution >= 4 is 38.7 Å². The molecule has 1 fully saturated rings. The number of benzene rings is 2. The average Bonchev–Trinajstić information content (AvgIpc) is 2.88. The van der Waals surface area contributed by atoms with Crippen molar-refractivity contribution in [3.63, 3.8) is 0 Å². The lowest BCUT2D eigenvalue weighted by Gasteiger charge is -2.36. The molecule has 0 spiro atoms. The van der Waals surface area contributed by atoms with Crippen LogP contribution in [-0.4, -0.2) is 41.0 Å². The van der Waals surface area contributed by atoms with Gasteiger partial charge in [0.1, 0.15) is 11.6 Å². The standard InChI is InChI=1S/C22H21ClF2N4OS/c1-12-11-26-5-7-28(12)21-15-10-16(23)18-14-4-3-13(24)9-17(14)31(25)8-2-6-29(22(30)27-21)19(15)20(18)31/h3-4,9-10,12,26H,2,5-8,11H2,1H3. The molecule has 0 aliphatic carbocycles. The van der Waals surface area contributed by atoms with Gasteiger partial charge in [0.05, 0.1) is 15.4 Å². The third-order valence-corrected chi connectivity index (χ3v) is 9.85. The predicted molar refractivity (Wildman–Crippen MR) is 121 cm³/mol. The normalized spacial score (nSPS) is 26.5. The number of anilines is 1. The summed E-state index contributed by atoms with van der Waals surface area (Å²) in [4.78, 5) is 20.5. The van der Waals surface area contributed by atoms with Crippen molar-refractivity contribution in [3.8, 4) is 11.1 Å². The summed E-state index contributed by atoms with van der Waals surface area (Å²) in [6.07, 6.45) is 0.480. The lowest BCUT2D eigenvalue weighted by atomic mass is 10.0. The van der Waals surface area contributed by atoms with Gasteiger partial charge in [-0.2, -0.15) is 8.87 Å². The van der Waals surface area contributed by atoms with E-state index in [1.807, 2.05) is 6.07 Å². The van der Waals surface area contributed by atoms with Crippen molar-refractivity contribution in [2.45, 2.75) is 35.7 Å². The van der Waals surface area contributed by atoms with E-state index in [4.69, 9.17) is 11.6 Å². The van der Waals surface area contributed by atoms with Gasteiger partial charge in [-0.1, -0.05) is 17.7 Å². The molecule has 3 aromatic rings. The molecule has 1 saturated heterocycles. The number of aromatic nitrogens is 2. The zero-order chi connectivity index (χ0) is 21.5. The van der Waals surface area contributed by atoms with Crippen molar-refractivity contribution in [2.24, 2.45) is 0 Å². The first-order valence-corrected chi connectivity index (χ1v) is 12.5. The highest BCUT2D eigenvalue weighted by Gasteiger charge is 2.45. The summed E-state index contributed by atoms with van der Waals surface area (Å²) >= 11 is 6.77. The molecule has 2 unspecified atom stereocenters. The molecule has 0 amide bonds. The van der Waals surface area contributed by atoms with Gasteiger partial charge < -0.3 is 10.2 Å². The molecule has 0 bridgehead atoms. The third-order valence-electron chi connectivity index (χ3n) is 6.62. The summed E-state index contributed by atoms with van der Waals surface area (Å²) in [5.74, 6) is 0.336. The Morgan fingerprint density at radius 2 is 2.13 bits per heavy atom. The van der Waals surface area contributed by atoms with Gasteiger partial charge in [0, 0.05) is 53.8 Å². The molecule has 31 heavy (non-hydrogen) atoms. The molecule has 2 atom stereocenters. The van der Waals surface area contributed by atoms with Crippen LogP contribution < -0.4 is 15.9 Å². The predicted octanol–water partition coefficient (Wildman–Crippen LogP) is 4.48. The van der Waals surface area contributed by atoms with Gasteiger partial charge in [0.15, 0.2) is 0 Å². The van der Waals surface area contributed by atoms with E-state index in [1.165, 1.54) is 12.1 Å². The number of nitrogens with one attached hydrogen (secondary N) is 1. The fraction of sp³-hybridized carbons (Fsp3) is 0.364. The van der Waals surface area contributed by atoms with Crippen LogP contribution in [0.4, 0.5) is 14.1 Å². The summed E-state index contributed by atoms with van der Waals surface area (Å²) in [6, 6.07) is 6.20. The minimum absolute atomic E-state index is 0.130. The molecule has 1 aromatic heterocycles. The van der Waals surface area contributed by atoms with E-state index in [0.29, 0.717) is 62.2 Å². The Balaban J connectivity index is 1.76. The molecule has 2 aromatic carbocycles. The highest BCUT2D eigenvalue weighted by molar-refractivity contribution is 8.30. The molecule has 5 nitrogen and oxygen atoms in total. The fourth-order valence-corrected chi connectivity index (χ4v) is 8.64. The van der Waals surface area contributed by atoms with Gasteiger partial charge in [-0.05, 0) is 47.5 Å². The zero-order valence-electron chi connectivity index (χ0n) is 16.9. The second kappa shape index (κ2) is 6.67. The van der Waals surface area contributed by atoms with Crippen LogP contribution in [0.3, 0.4) is 0 Å². The van der Waals surface area contributed by atoms with Gasteiger partial charge in [0.2, 0.25) is 0 Å². The van der Waals surface area contributed by atoms with E-state index in [0.717, 1.165) is 13.1 Å². The molecule has 6 rings (SSSR count). The van der Waals surface area contributed by atoms with Crippen LogP contribution in [0.5, 0.6) is 0 Å². The average molecular weight is 463 g/mol. The molecular weight excluding hydrogens is 442 g/mol. The summed E-state index contributed by atoms with van der Waals surface area (Å²) in [7, 11) is -3.01. The number of hydrogen-bond donors (Lipinski definition) is 1. The summed E-state index contributed by atoms with van der Waals surface area (Å²) in [6.45, 7) is 4.70. The molecule has 3 aliphatic heterocycles. The first-order valence-electron chi connectivity index (χ1n) is 10.5. The van der Waals surface area contributed by atoms with Gasteiger partial charge >= 0.3 is 5.69 Å². The van der Waals surface area contributed by atoms with E-state index in [9.17, 15) is 9.18 Å². The maximum atomic E-state index is 16.9. The Hall–Kier alpha value is -2.16. The van der Waals surface area contributed by atoms with E-state index in [-0.39, 0.29) is 17.5 Å². The Kier molecular flexibility index (Phi) is 4.20. The van der Waals surface area contributed by atoms with Crippen LogP contribution in [0.15, 0.2) is 38.9 Å². The van der Waals surface area contributed by atoms with Crippen molar-refractivity contribution in [1.29, 1.82) is 0 Å². The number of aryl methyl sites for hydroxylation is 1. The van der Waals surface area contributed by atoms with Crippen LogP contribution in [0.2, 0.25) is 5.02 Å². The molecule has 4 heterocycles. The van der Waals surface area contributed by atoms with Crippen LogP contribution in [0.1, 0.15) is 13.3 Å².